The third-order valence-electron chi connectivity index (χ3n) is 4.25. The Bertz CT molecular complexity index is 714. The van der Waals surface area contributed by atoms with Gasteiger partial charge in [-0.3, -0.25) is 4.79 Å². The van der Waals surface area contributed by atoms with Crippen LogP contribution in [0, 0.1) is 0 Å². The van der Waals surface area contributed by atoms with E-state index in [1.165, 1.54) is 11.1 Å². The maximum absolute atomic E-state index is 12.3. The number of hydrogen-bond acceptors (Lipinski definition) is 2. The third-order valence-corrected chi connectivity index (χ3v) is 4.49. The van der Waals surface area contributed by atoms with E-state index in [1.807, 2.05) is 30.3 Å². The number of carbonyl (C=O) groups is 1. The second-order valence-electron chi connectivity index (χ2n) is 5.88. The first-order valence-electron chi connectivity index (χ1n) is 7.86. The maximum Gasteiger partial charge on any atom is 0.224 e. The van der Waals surface area contributed by atoms with E-state index in [1.54, 1.807) is 7.11 Å². The van der Waals surface area contributed by atoms with Gasteiger partial charge >= 0.3 is 0 Å². The highest BCUT2D eigenvalue weighted by Gasteiger charge is 2.22. The molecular weight excluding hydrogens is 310 g/mol. The number of fused-ring (bicyclic) bond motifs is 1. The molecule has 0 unspecified atom stereocenters. The molecule has 0 aliphatic heterocycles. The summed E-state index contributed by atoms with van der Waals surface area (Å²) in [5.74, 6) is 0.899. The van der Waals surface area contributed by atoms with Crippen LogP contribution in [-0.4, -0.2) is 13.0 Å². The number of amides is 1. The van der Waals surface area contributed by atoms with Crippen LogP contribution in [0.5, 0.6) is 5.75 Å². The van der Waals surface area contributed by atoms with Crippen molar-refractivity contribution in [3.63, 3.8) is 0 Å². The van der Waals surface area contributed by atoms with E-state index >= 15 is 0 Å². The SMILES string of the molecule is COc1ccc2c(c1)CCC[C@H]2NC(=O)Cc1cccc(Cl)c1. The summed E-state index contributed by atoms with van der Waals surface area (Å²) in [5.41, 5.74) is 3.40. The summed E-state index contributed by atoms with van der Waals surface area (Å²) in [6, 6.07) is 13.6. The van der Waals surface area contributed by atoms with Gasteiger partial charge in [-0.05, 0) is 60.2 Å². The van der Waals surface area contributed by atoms with Gasteiger partial charge in [0.1, 0.15) is 5.75 Å². The highest BCUT2D eigenvalue weighted by molar-refractivity contribution is 6.30. The molecule has 1 N–H and O–H groups in total. The second-order valence-corrected chi connectivity index (χ2v) is 6.32. The minimum absolute atomic E-state index is 0.0286. The normalized spacial score (nSPS) is 16.5. The van der Waals surface area contributed by atoms with E-state index in [2.05, 4.69) is 17.4 Å². The van der Waals surface area contributed by atoms with Crippen molar-refractivity contribution < 1.29 is 9.53 Å². The molecule has 0 heterocycles. The molecule has 1 atom stereocenters. The van der Waals surface area contributed by atoms with Crippen LogP contribution >= 0.6 is 11.6 Å². The molecule has 3 rings (SSSR count). The molecule has 0 saturated heterocycles. The van der Waals surface area contributed by atoms with Crippen LogP contribution in [-0.2, 0) is 17.6 Å². The van der Waals surface area contributed by atoms with Crippen molar-refractivity contribution in [2.24, 2.45) is 0 Å². The second kappa shape index (κ2) is 7.05. The Hall–Kier alpha value is -2.00. The van der Waals surface area contributed by atoms with Crippen LogP contribution in [0.3, 0.4) is 0 Å². The Kier molecular flexibility index (Phi) is 4.87. The van der Waals surface area contributed by atoms with Gasteiger partial charge in [0.15, 0.2) is 0 Å². The smallest absolute Gasteiger partial charge is 0.224 e. The lowest BCUT2D eigenvalue weighted by molar-refractivity contribution is -0.121. The number of aryl methyl sites for hydroxylation is 1. The minimum atomic E-state index is 0.0286. The summed E-state index contributed by atoms with van der Waals surface area (Å²) in [7, 11) is 1.68. The molecular formula is C19H20ClNO2. The van der Waals surface area contributed by atoms with Gasteiger partial charge < -0.3 is 10.1 Å². The molecule has 23 heavy (non-hydrogen) atoms. The minimum Gasteiger partial charge on any atom is -0.497 e. The summed E-state index contributed by atoms with van der Waals surface area (Å²) < 4.78 is 5.29. The largest absolute Gasteiger partial charge is 0.497 e. The standard InChI is InChI=1S/C19H20ClNO2/c1-23-16-8-9-17-14(12-16)5-3-7-18(17)21-19(22)11-13-4-2-6-15(20)10-13/h2,4,6,8-10,12,18H,3,5,7,11H2,1H3,(H,21,22)/t18-/m1/s1. The van der Waals surface area contributed by atoms with Crippen molar-refractivity contribution in [2.75, 3.05) is 7.11 Å². The van der Waals surface area contributed by atoms with Crippen molar-refractivity contribution in [1.29, 1.82) is 0 Å². The molecule has 0 radical (unpaired) electrons. The molecule has 3 nitrogen and oxygen atoms in total. The summed E-state index contributed by atoms with van der Waals surface area (Å²) in [5, 5.41) is 3.82. The molecule has 1 amide bonds. The predicted molar refractivity (Wildman–Crippen MR) is 92.0 cm³/mol. The molecule has 0 fully saturated rings. The van der Waals surface area contributed by atoms with Gasteiger partial charge in [-0.15, -0.1) is 0 Å². The van der Waals surface area contributed by atoms with Crippen molar-refractivity contribution in [3.05, 3.63) is 64.2 Å². The number of halogens is 1. The zero-order valence-electron chi connectivity index (χ0n) is 13.1. The van der Waals surface area contributed by atoms with E-state index < -0.39 is 0 Å². The van der Waals surface area contributed by atoms with Crippen LogP contribution in [0.4, 0.5) is 0 Å². The van der Waals surface area contributed by atoms with Gasteiger partial charge in [0.05, 0.1) is 19.6 Å². The highest BCUT2D eigenvalue weighted by Crippen LogP contribution is 2.32. The Morgan fingerprint density at radius 2 is 2.17 bits per heavy atom. The van der Waals surface area contributed by atoms with Gasteiger partial charge in [-0.2, -0.15) is 0 Å². The fraction of sp³-hybridized carbons (Fsp3) is 0.316. The van der Waals surface area contributed by atoms with Gasteiger partial charge in [-0.1, -0.05) is 29.8 Å². The maximum atomic E-state index is 12.3. The predicted octanol–water partition coefficient (Wildman–Crippen LogP) is 4.08. The monoisotopic (exact) mass is 329 g/mol. The number of benzene rings is 2. The lowest BCUT2D eigenvalue weighted by Gasteiger charge is -2.27. The molecule has 1 aliphatic rings. The highest BCUT2D eigenvalue weighted by atomic mass is 35.5. The first-order chi connectivity index (χ1) is 11.2. The quantitative estimate of drug-likeness (QED) is 0.917. The van der Waals surface area contributed by atoms with Gasteiger partial charge in [0, 0.05) is 5.02 Å². The van der Waals surface area contributed by atoms with Crippen LogP contribution in [0.1, 0.15) is 35.6 Å². The summed E-state index contributed by atoms with van der Waals surface area (Å²) in [4.78, 5) is 12.3. The molecule has 0 bridgehead atoms. The molecule has 2 aromatic carbocycles. The lowest BCUT2D eigenvalue weighted by atomic mass is 9.87. The number of hydrogen-bond donors (Lipinski definition) is 1. The average Bonchev–Trinajstić information content (AvgIpc) is 2.54. The van der Waals surface area contributed by atoms with Crippen molar-refractivity contribution in [3.8, 4) is 5.75 Å². The first kappa shape index (κ1) is 15.9. The van der Waals surface area contributed by atoms with Crippen molar-refractivity contribution in [2.45, 2.75) is 31.7 Å². The molecule has 2 aromatic rings. The number of ether oxygens (including phenoxy) is 1. The molecule has 0 spiro atoms. The Balaban J connectivity index is 1.70. The molecule has 1 aliphatic carbocycles. The van der Waals surface area contributed by atoms with Crippen molar-refractivity contribution in [1.82, 2.24) is 5.32 Å². The fourth-order valence-corrected chi connectivity index (χ4v) is 3.36. The first-order valence-corrected chi connectivity index (χ1v) is 8.24. The molecule has 0 aromatic heterocycles. The number of nitrogens with one attached hydrogen (secondary N) is 1. The van der Waals surface area contributed by atoms with E-state index in [4.69, 9.17) is 16.3 Å². The molecule has 120 valence electrons. The fourth-order valence-electron chi connectivity index (χ4n) is 3.15. The zero-order chi connectivity index (χ0) is 16.2. The Labute approximate surface area is 141 Å². The molecule has 4 heteroatoms. The number of methoxy groups -OCH3 is 1. The Morgan fingerprint density at radius 3 is 2.96 bits per heavy atom. The van der Waals surface area contributed by atoms with Gasteiger partial charge in [0.2, 0.25) is 5.91 Å². The van der Waals surface area contributed by atoms with Crippen LogP contribution in [0.15, 0.2) is 42.5 Å². The summed E-state index contributed by atoms with van der Waals surface area (Å²) in [6.07, 6.45) is 3.43. The molecule has 0 saturated carbocycles. The third kappa shape index (κ3) is 3.85. The summed E-state index contributed by atoms with van der Waals surface area (Å²) in [6.45, 7) is 0. The van der Waals surface area contributed by atoms with Crippen LogP contribution in [0.25, 0.3) is 0 Å². The van der Waals surface area contributed by atoms with E-state index in [9.17, 15) is 4.79 Å². The van der Waals surface area contributed by atoms with Crippen LogP contribution in [0.2, 0.25) is 5.02 Å². The van der Waals surface area contributed by atoms with Crippen molar-refractivity contribution >= 4 is 17.5 Å². The van der Waals surface area contributed by atoms with E-state index in [0.29, 0.717) is 11.4 Å². The lowest BCUT2D eigenvalue weighted by Crippen LogP contribution is -2.32. The average molecular weight is 330 g/mol. The van der Waals surface area contributed by atoms with Crippen LogP contribution < -0.4 is 10.1 Å². The zero-order valence-corrected chi connectivity index (χ0v) is 13.9. The number of carbonyl (C=O) groups excluding carboxylic acids is 1. The summed E-state index contributed by atoms with van der Waals surface area (Å²) >= 11 is 5.97. The Morgan fingerprint density at radius 1 is 1.30 bits per heavy atom. The van der Waals surface area contributed by atoms with E-state index in [0.717, 1.165) is 30.6 Å². The van der Waals surface area contributed by atoms with Gasteiger partial charge in [0.25, 0.3) is 0 Å². The number of rotatable bonds is 4. The van der Waals surface area contributed by atoms with E-state index in [-0.39, 0.29) is 11.9 Å². The van der Waals surface area contributed by atoms with Gasteiger partial charge in [-0.25, -0.2) is 0 Å². The topological polar surface area (TPSA) is 38.3 Å².